The molecule has 1 atom stereocenters. The largest absolute Gasteiger partial charge is 0.350 e. The highest BCUT2D eigenvalue weighted by atomic mass is 32.2. The zero-order valence-electron chi connectivity index (χ0n) is 14.2. The van der Waals surface area contributed by atoms with Crippen molar-refractivity contribution in [3.63, 3.8) is 0 Å². The Labute approximate surface area is 146 Å². The van der Waals surface area contributed by atoms with Crippen molar-refractivity contribution in [2.24, 2.45) is 0 Å². The predicted octanol–water partition coefficient (Wildman–Crippen LogP) is 3.27. The van der Waals surface area contributed by atoms with Gasteiger partial charge in [0, 0.05) is 16.9 Å². The van der Waals surface area contributed by atoms with E-state index in [9.17, 15) is 9.59 Å². The highest BCUT2D eigenvalue weighted by Gasteiger charge is 2.36. The van der Waals surface area contributed by atoms with E-state index in [1.54, 1.807) is 16.7 Å². The third kappa shape index (κ3) is 3.41. The number of fused-ring (bicyclic) bond motifs is 1. The number of carbonyl (C=O) groups is 2. The maximum absolute atomic E-state index is 13.1. The predicted molar refractivity (Wildman–Crippen MR) is 99.1 cm³/mol. The van der Waals surface area contributed by atoms with E-state index in [-0.39, 0.29) is 17.4 Å². The van der Waals surface area contributed by atoms with E-state index in [4.69, 9.17) is 0 Å². The van der Waals surface area contributed by atoms with Crippen LogP contribution in [0.15, 0.2) is 42.5 Å². The second-order valence-electron chi connectivity index (χ2n) is 7.06. The highest BCUT2D eigenvalue weighted by Crippen LogP contribution is 2.27. The molecule has 1 saturated heterocycles. The molecule has 2 aromatic carbocycles. The van der Waals surface area contributed by atoms with E-state index < -0.39 is 6.04 Å². The minimum Gasteiger partial charge on any atom is -0.350 e. The summed E-state index contributed by atoms with van der Waals surface area (Å²) < 4.78 is 0. The molecule has 4 nitrogen and oxygen atoms in total. The highest BCUT2D eigenvalue weighted by molar-refractivity contribution is 7.99. The SMILES string of the molecule is CC(C)(C)NC(=O)C1CSCN1C(=O)c1cccc2ccccc12. The van der Waals surface area contributed by atoms with Gasteiger partial charge in [-0.2, -0.15) is 0 Å². The van der Waals surface area contributed by atoms with Crippen molar-refractivity contribution < 1.29 is 9.59 Å². The summed E-state index contributed by atoms with van der Waals surface area (Å²) in [5.41, 5.74) is 0.350. The lowest BCUT2D eigenvalue weighted by atomic mass is 10.0. The van der Waals surface area contributed by atoms with Crippen LogP contribution in [0.4, 0.5) is 0 Å². The van der Waals surface area contributed by atoms with Gasteiger partial charge in [0.05, 0.1) is 5.88 Å². The molecule has 1 aliphatic rings. The molecule has 1 fully saturated rings. The van der Waals surface area contributed by atoms with Crippen LogP contribution in [-0.2, 0) is 4.79 Å². The smallest absolute Gasteiger partial charge is 0.255 e. The summed E-state index contributed by atoms with van der Waals surface area (Å²) in [5.74, 6) is 1.02. The molecule has 1 heterocycles. The van der Waals surface area contributed by atoms with Crippen LogP contribution in [0, 0.1) is 0 Å². The maximum Gasteiger partial charge on any atom is 0.255 e. The Morgan fingerprint density at radius 2 is 1.83 bits per heavy atom. The normalized spacial score (nSPS) is 18.0. The molecule has 0 aromatic heterocycles. The number of nitrogens with one attached hydrogen (secondary N) is 1. The Bertz CT molecular complexity index is 777. The van der Waals surface area contributed by atoms with Gasteiger partial charge in [0.25, 0.3) is 5.91 Å². The number of thioether (sulfide) groups is 1. The van der Waals surface area contributed by atoms with Crippen molar-refractivity contribution in [2.45, 2.75) is 32.4 Å². The van der Waals surface area contributed by atoms with Crippen LogP contribution in [0.3, 0.4) is 0 Å². The Morgan fingerprint density at radius 3 is 2.58 bits per heavy atom. The number of hydrogen-bond donors (Lipinski definition) is 1. The second kappa shape index (κ2) is 6.48. The molecule has 3 rings (SSSR count). The summed E-state index contributed by atoms with van der Waals surface area (Å²) in [6.07, 6.45) is 0. The third-order valence-corrected chi connectivity index (χ3v) is 4.98. The minimum atomic E-state index is -0.416. The number of nitrogens with zero attached hydrogens (tertiary/aromatic N) is 1. The van der Waals surface area contributed by atoms with Crippen LogP contribution < -0.4 is 5.32 Å². The van der Waals surface area contributed by atoms with Gasteiger partial charge in [-0.15, -0.1) is 11.8 Å². The molecular weight excluding hydrogens is 320 g/mol. The number of hydrogen-bond acceptors (Lipinski definition) is 3. The van der Waals surface area contributed by atoms with E-state index in [0.29, 0.717) is 17.2 Å². The Morgan fingerprint density at radius 1 is 1.12 bits per heavy atom. The van der Waals surface area contributed by atoms with Crippen molar-refractivity contribution in [1.82, 2.24) is 10.2 Å². The maximum atomic E-state index is 13.1. The van der Waals surface area contributed by atoms with Crippen molar-refractivity contribution in [3.8, 4) is 0 Å². The molecule has 1 N–H and O–H groups in total. The fourth-order valence-corrected chi connectivity index (χ4v) is 4.03. The van der Waals surface area contributed by atoms with Crippen molar-refractivity contribution in [1.29, 1.82) is 0 Å². The summed E-state index contributed by atoms with van der Waals surface area (Å²) in [4.78, 5) is 27.3. The zero-order chi connectivity index (χ0) is 17.3. The third-order valence-electron chi connectivity index (χ3n) is 3.96. The van der Waals surface area contributed by atoms with Gasteiger partial charge in [-0.1, -0.05) is 36.4 Å². The first-order valence-corrected chi connectivity index (χ1v) is 9.21. The lowest BCUT2D eigenvalue weighted by Gasteiger charge is -2.28. The molecule has 0 saturated carbocycles. The number of benzene rings is 2. The molecule has 0 spiro atoms. The molecule has 0 aliphatic carbocycles. The monoisotopic (exact) mass is 342 g/mol. The number of carbonyl (C=O) groups excluding carboxylic acids is 2. The molecule has 1 aliphatic heterocycles. The van der Waals surface area contributed by atoms with Crippen molar-refractivity contribution in [2.75, 3.05) is 11.6 Å². The van der Waals surface area contributed by atoms with Crippen LogP contribution >= 0.6 is 11.8 Å². The summed E-state index contributed by atoms with van der Waals surface area (Å²) in [7, 11) is 0. The van der Waals surface area contributed by atoms with Gasteiger partial charge < -0.3 is 10.2 Å². The van der Waals surface area contributed by atoms with E-state index >= 15 is 0 Å². The van der Waals surface area contributed by atoms with E-state index in [1.165, 1.54) is 0 Å². The quantitative estimate of drug-likeness (QED) is 0.911. The van der Waals surface area contributed by atoms with Crippen molar-refractivity contribution >= 4 is 34.3 Å². The van der Waals surface area contributed by atoms with Crippen LogP contribution in [0.5, 0.6) is 0 Å². The van der Waals surface area contributed by atoms with Gasteiger partial charge in [-0.25, -0.2) is 0 Å². The lowest BCUT2D eigenvalue weighted by molar-refractivity contribution is -0.125. The van der Waals surface area contributed by atoms with E-state index in [2.05, 4.69) is 5.32 Å². The molecule has 0 bridgehead atoms. The van der Waals surface area contributed by atoms with Crippen LogP contribution in [0.25, 0.3) is 10.8 Å². The Kier molecular flexibility index (Phi) is 4.54. The minimum absolute atomic E-state index is 0.0779. The molecule has 2 amide bonds. The first-order valence-electron chi connectivity index (χ1n) is 8.05. The fraction of sp³-hybridized carbons (Fsp3) is 0.368. The summed E-state index contributed by atoms with van der Waals surface area (Å²) in [5, 5.41) is 4.95. The molecule has 5 heteroatoms. The van der Waals surface area contributed by atoms with Gasteiger partial charge in [-0.3, -0.25) is 9.59 Å². The number of rotatable bonds is 2. The average Bonchev–Trinajstić information content (AvgIpc) is 3.02. The second-order valence-corrected chi connectivity index (χ2v) is 8.06. The fourth-order valence-electron chi connectivity index (χ4n) is 2.88. The lowest BCUT2D eigenvalue weighted by Crippen LogP contribution is -2.52. The van der Waals surface area contributed by atoms with E-state index in [0.717, 1.165) is 10.8 Å². The van der Waals surface area contributed by atoms with Gasteiger partial charge in [0.1, 0.15) is 6.04 Å². The van der Waals surface area contributed by atoms with Gasteiger partial charge in [-0.05, 0) is 37.6 Å². The van der Waals surface area contributed by atoms with Gasteiger partial charge >= 0.3 is 0 Å². The Hall–Kier alpha value is -2.01. The van der Waals surface area contributed by atoms with Gasteiger partial charge in [0.2, 0.25) is 5.91 Å². The first-order chi connectivity index (χ1) is 11.4. The summed E-state index contributed by atoms with van der Waals surface area (Å²) in [6.45, 7) is 5.84. The Balaban J connectivity index is 1.89. The molecule has 1 unspecified atom stereocenters. The molecule has 24 heavy (non-hydrogen) atoms. The summed E-state index contributed by atoms with van der Waals surface area (Å²) in [6, 6.07) is 13.2. The average molecular weight is 342 g/mol. The van der Waals surface area contributed by atoms with Crippen LogP contribution in [-0.4, -0.2) is 39.9 Å². The molecule has 2 aromatic rings. The summed E-state index contributed by atoms with van der Waals surface area (Å²) >= 11 is 1.62. The molecular formula is C19H22N2O2S. The first kappa shape index (κ1) is 16.8. The molecule has 0 radical (unpaired) electrons. The van der Waals surface area contributed by atoms with Crippen LogP contribution in [0.2, 0.25) is 0 Å². The standard InChI is InChI=1S/C19H22N2O2S/c1-19(2,3)20-17(22)16-11-24-12-21(16)18(23)15-10-6-8-13-7-4-5-9-14(13)15/h4-10,16H,11-12H2,1-3H3,(H,20,22). The zero-order valence-corrected chi connectivity index (χ0v) is 15.0. The molecule has 126 valence electrons. The van der Waals surface area contributed by atoms with Crippen molar-refractivity contribution in [3.05, 3.63) is 48.0 Å². The van der Waals surface area contributed by atoms with E-state index in [1.807, 2.05) is 63.2 Å². The topological polar surface area (TPSA) is 49.4 Å². The number of amides is 2. The van der Waals surface area contributed by atoms with Crippen LogP contribution in [0.1, 0.15) is 31.1 Å². The van der Waals surface area contributed by atoms with Gasteiger partial charge in [0.15, 0.2) is 0 Å².